The lowest BCUT2D eigenvalue weighted by Crippen LogP contribution is -2.54. The Morgan fingerprint density at radius 1 is 1.28 bits per heavy atom. The molecule has 6 nitrogen and oxygen atoms in total. The molecular formula is C20H33ClIN3O3S. The largest absolute Gasteiger partial charge is 0.381 e. The molecule has 29 heavy (non-hydrogen) atoms. The molecule has 1 aliphatic heterocycles. The molecule has 9 heteroatoms. The van der Waals surface area contributed by atoms with E-state index in [4.69, 9.17) is 16.3 Å². The number of rotatable bonds is 7. The Balaban J connectivity index is 0.00000420. The van der Waals surface area contributed by atoms with Gasteiger partial charge in [-0.25, -0.2) is 8.42 Å². The number of benzene rings is 1. The van der Waals surface area contributed by atoms with Crippen LogP contribution in [0.4, 0.5) is 0 Å². The molecule has 0 unspecified atom stereocenters. The molecule has 0 saturated carbocycles. The molecule has 0 bridgehead atoms. The second kappa shape index (κ2) is 11.2. The summed E-state index contributed by atoms with van der Waals surface area (Å²) in [4.78, 5) is 4.26. The van der Waals surface area contributed by atoms with E-state index in [0.29, 0.717) is 45.1 Å². The van der Waals surface area contributed by atoms with Gasteiger partial charge in [0.05, 0.1) is 4.75 Å². The summed E-state index contributed by atoms with van der Waals surface area (Å²) in [7, 11) is -1.53. The Kier molecular flexibility index (Phi) is 10.2. The van der Waals surface area contributed by atoms with Gasteiger partial charge in [-0.15, -0.1) is 24.0 Å². The topological polar surface area (TPSA) is 79.8 Å². The summed E-state index contributed by atoms with van der Waals surface area (Å²) in [5.74, 6) is 0.605. The van der Waals surface area contributed by atoms with Gasteiger partial charge in [-0.05, 0) is 42.4 Å². The fourth-order valence-electron chi connectivity index (χ4n) is 3.47. The fourth-order valence-corrected chi connectivity index (χ4v) is 4.93. The molecule has 1 heterocycles. The molecule has 0 spiro atoms. The van der Waals surface area contributed by atoms with Gasteiger partial charge in [-0.3, -0.25) is 4.99 Å². The summed E-state index contributed by atoms with van der Waals surface area (Å²) in [6, 6.07) is 7.88. The van der Waals surface area contributed by atoms with E-state index >= 15 is 0 Å². The third kappa shape index (κ3) is 7.88. The molecule has 0 aromatic heterocycles. The number of hydrogen-bond donors (Lipinski definition) is 2. The Morgan fingerprint density at radius 2 is 1.93 bits per heavy atom. The van der Waals surface area contributed by atoms with Gasteiger partial charge < -0.3 is 15.4 Å². The van der Waals surface area contributed by atoms with Crippen molar-refractivity contribution in [2.24, 2.45) is 10.4 Å². The van der Waals surface area contributed by atoms with Crippen molar-refractivity contribution in [1.82, 2.24) is 10.6 Å². The van der Waals surface area contributed by atoms with E-state index in [9.17, 15) is 8.42 Å². The SMILES string of the molecule is CN=C(NCC(C)(C)Cc1cccc(Cl)c1)NCC1(S(C)(=O)=O)CCOCC1.I. The Morgan fingerprint density at radius 3 is 2.48 bits per heavy atom. The van der Waals surface area contributed by atoms with Crippen LogP contribution in [0.25, 0.3) is 0 Å². The molecule has 166 valence electrons. The summed E-state index contributed by atoms with van der Waals surface area (Å²) in [5.41, 5.74) is 1.15. The van der Waals surface area contributed by atoms with Gasteiger partial charge >= 0.3 is 0 Å². The van der Waals surface area contributed by atoms with Crippen LogP contribution in [0.15, 0.2) is 29.3 Å². The normalized spacial score (nSPS) is 17.3. The van der Waals surface area contributed by atoms with E-state index in [0.717, 1.165) is 11.4 Å². The summed E-state index contributed by atoms with van der Waals surface area (Å²) >= 11 is 6.09. The average molecular weight is 558 g/mol. The monoisotopic (exact) mass is 557 g/mol. The number of aliphatic imine (C=N–C) groups is 1. The Hall–Kier alpha value is -0.580. The molecule has 0 aliphatic carbocycles. The first kappa shape index (κ1) is 26.5. The first-order valence-electron chi connectivity index (χ1n) is 9.53. The van der Waals surface area contributed by atoms with Crippen molar-refractivity contribution in [1.29, 1.82) is 0 Å². The van der Waals surface area contributed by atoms with Crippen LogP contribution in [-0.2, 0) is 21.0 Å². The highest BCUT2D eigenvalue weighted by atomic mass is 127. The quantitative estimate of drug-likeness (QED) is 0.306. The van der Waals surface area contributed by atoms with Gasteiger partial charge in [-0.2, -0.15) is 0 Å². The van der Waals surface area contributed by atoms with E-state index in [1.807, 2.05) is 18.2 Å². The van der Waals surface area contributed by atoms with Gasteiger partial charge in [0, 0.05) is 44.6 Å². The second-order valence-corrected chi connectivity index (χ2v) is 11.2. The van der Waals surface area contributed by atoms with Crippen molar-refractivity contribution in [2.75, 3.05) is 39.6 Å². The van der Waals surface area contributed by atoms with E-state index in [-0.39, 0.29) is 29.4 Å². The maximum atomic E-state index is 12.4. The molecule has 0 atom stereocenters. The summed E-state index contributed by atoms with van der Waals surface area (Å²) in [6.45, 7) is 6.29. The molecule has 2 N–H and O–H groups in total. The van der Waals surface area contributed by atoms with Gasteiger partial charge in [0.15, 0.2) is 15.8 Å². The molecular weight excluding hydrogens is 525 g/mol. The summed E-state index contributed by atoms with van der Waals surface area (Å²) in [6.07, 6.45) is 3.17. The summed E-state index contributed by atoms with van der Waals surface area (Å²) in [5, 5.41) is 7.29. The van der Waals surface area contributed by atoms with Crippen molar-refractivity contribution in [3.8, 4) is 0 Å². The van der Waals surface area contributed by atoms with Crippen LogP contribution in [0.2, 0.25) is 5.02 Å². The third-order valence-electron chi connectivity index (χ3n) is 5.30. The van der Waals surface area contributed by atoms with Crippen molar-refractivity contribution in [2.45, 2.75) is 37.9 Å². The lowest BCUT2D eigenvalue weighted by Gasteiger charge is -2.36. The molecule has 1 aliphatic rings. The lowest BCUT2D eigenvalue weighted by atomic mass is 9.86. The smallest absolute Gasteiger partial charge is 0.191 e. The van der Waals surface area contributed by atoms with E-state index in [1.165, 1.54) is 11.8 Å². The lowest BCUT2D eigenvalue weighted by molar-refractivity contribution is 0.0756. The van der Waals surface area contributed by atoms with Crippen molar-refractivity contribution in [3.05, 3.63) is 34.9 Å². The zero-order valence-electron chi connectivity index (χ0n) is 17.6. The fraction of sp³-hybridized carbons (Fsp3) is 0.650. The van der Waals surface area contributed by atoms with Gasteiger partial charge in [0.1, 0.15) is 0 Å². The first-order valence-corrected chi connectivity index (χ1v) is 11.8. The molecule has 2 rings (SSSR count). The van der Waals surface area contributed by atoms with Crippen LogP contribution in [0.5, 0.6) is 0 Å². The third-order valence-corrected chi connectivity index (χ3v) is 7.66. The number of hydrogen-bond acceptors (Lipinski definition) is 4. The van der Waals surface area contributed by atoms with E-state index in [1.54, 1.807) is 7.05 Å². The maximum Gasteiger partial charge on any atom is 0.191 e. The zero-order chi connectivity index (χ0) is 20.8. The minimum absolute atomic E-state index is 0. The van der Waals surface area contributed by atoms with Gasteiger partial charge in [0.2, 0.25) is 0 Å². The number of nitrogens with one attached hydrogen (secondary N) is 2. The van der Waals surface area contributed by atoms with Crippen LogP contribution in [-0.4, -0.2) is 58.7 Å². The van der Waals surface area contributed by atoms with Gasteiger partial charge in [0.25, 0.3) is 0 Å². The van der Waals surface area contributed by atoms with Crippen LogP contribution in [0, 0.1) is 5.41 Å². The number of nitrogens with zero attached hydrogens (tertiary/aromatic N) is 1. The molecule has 0 radical (unpaired) electrons. The first-order chi connectivity index (χ1) is 13.1. The van der Waals surface area contributed by atoms with Crippen LogP contribution < -0.4 is 10.6 Å². The Bertz CT molecular complexity index is 794. The Labute approximate surface area is 197 Å². The minimum Gasteiger partial charge on any atom is -0.381 e. The molecule has 1 aromatic carbocycles. The number of halogens is 2. The molecule has 0 amide bonds. The van der Waals surface area contributed by atoms with Crippen LogP contribution in [0.3, 0.4) is 0 Å². The second-order valence-electron chi connectivity index (χ2n) is 8.32. The van der Waals surface area contributed by atoms with Crippen LogP contribution in [0.1, 0.15) is 32.3 Å². The van der Waals surface area contributed by atoms with Crippen molar-refractivity contribution in [3.63, 3.8) is 0 Å². The van der Waals surface area contributed by atoms with Crippen molar-refractivity contribution >= 4 is 51.4 Å². The highest BCUT2D eigenvalue weighted by molar-refractivity contribution is 14.0. The zero-order valence-corrected chi connectivity index (χ0v) is 21.5. The van der Waals surface area contributed by atoms with E-state index < -0.39 is 14.6 Å². The van der Waals surface area contributed by atoms with Gasteiger partial charge in [-0.1, -0.05) is 37.6 Å². The molecule has 1 fully saturated rings. The van der Waals surface area contributed by atoms with Crippen LogP contribution >= 0.6 is 35.6 Å². The molecule has 1 saturated heterocycles. The van der Waals surface area contributed by atoms with Crippen molar-refractivity contribution < 1.29 is 13.2 Å². The highest BCUT2D eigenvalue weighted by Gasteiger charge is 2.42. The predicted octanol–water partition coefficient (Wildman–Crippen LogP) is 3.29. The highest BCUT2D eigenvalue weighted by Crippen LogP contribution is 2.28. The standard InChI is InChI=1S/C20H32ClN3O3S.HI/c1-19(2,13-16-6-5-7-17(21)12-16)14-23-18(22-3)24-15-20(28(4,25)26)8-10-27-11-9-20;/h5-7,12H,8-11,13-15H2,1-4H3,(H2,22,23,24);1H. The minimum atomic E-state index is -3.22. The summed E-state index contributed by atoms with van der Waals surface area (Å²) < 4.78 is 29.3. The van der Waals surface area contributed by atoms with E-state index in [2.05, 4.69) is 35.5 Å². The molecule has 1 aromatic rings. The number of sulfone groups is 1. The average Bonchev–Trinajstić information content (AvgIpc) is 2.61. The predicted molar refractivity (Wildman–Crippen MR) is 131 cm³/mol. The number of guanidine groups is 1. The number of ether oxygens (including phenoxy) is 1. The maximum absolute atomic E-state index is 12.4.